The second-order valence-electron chi connectivity index (χ2n) is 6.06. The standard InChI is InChI=1S/C16H15F2N7O/c17-14(18)10-8-25-11(5-22-13(25)6-21-10)16-20-3-1-12(23-16)24-4-2-9(7-24)15(19)26/h1,3,5-6,8-9,14H,2,4,7H2,(H2,19,26). The van der Waals surface area contributed by atoms with Gasteiger partial charge in [0.05, 0.1) is 18.3 Å². The number of carbonyl (C=O) groups excluding carboxylic acids is 1. The van der Waals surface area contributed by atoms with E-state index in [1.165, 1.54) is 23.0 Å². The summed E-state index contributed by atoms with van der Waals surface area (Å²) in [6.45, 7) is 1.16. The highest BCUT2D eigenvalue weighted by Crippen LogP contribution is 2.25. The summed E-state index contributed by atoms with van der Waals surface area (Å²) in [6.07, 6.45) is 3.61. The van der Waals surface area contributed by atoms with Crippen LogP contribution in [0.2, 0.25) is 0 Å². The Bertz CT molecular complexity index is 974. The van der Waals surface area contributed by atoms with Crippen molar-refractivity contribution in [1.29, 1.82) is 0 Å². The molecule has 0 bridgehead atoms. The summed E-state index contributed by atoms with van der Waals surface area (Å²) in [4.78, 5) is 29.9. The number of anilines is 1. The van der Waals surface area contributed by atoms with Gasteiger partial charge < -0.3 is 10.6 Å². The molecule has 0 aliphatic carbocycles. The monoisotopic (exact) mass is 359 g/mol. The predicted octanol–water partition coefficient (Wildman–Crippen LogP) is 1.44. The maximum absolute atomic E-state index is 12.9. The minimum absolute atomic E-state index is 0.205. The van der Waals surface area contributed by atoms with Gasteiger partial charge in [0, 0.05) is 25.5 Å². The van der Waals surface area contributed by atoms with Crippen LogP contribution in [0, 0.1) is 5.92 Å². The quantitative estimate of drug-likeness (QED) is 0.756. The molecule has 1 aliphatic heterocycles. The number of hydrogen-bond acceptors (Lipinski definition) is 6. The molecule has 1 fully saturated rings. The number of primary amides is 1. The highest BCUT2D eigenvalue weighted by molar-refractivity contribution is 5.78. The van der Waals surface area contributed by atoms with E-state index in [0.717, 1.165) is 0 Å². The number of nitrogens with zero attached hydrogens (tertiary/aromatic N) is 6. The number of nitrogens with two attached hydrogens (primary N) is 1. The zero-order valence-corrected chi connectivity index (χ0v) is 13.6. The second-order valence-corrected chi connectivity index (χ2v) is 6.06. The third-order valence-electron chi connectivity index (χ3n) is 4.42. The van der Waals surface area contributed by atoms with Crippen molar-refractivity contribution in [3.63, 3.8) is 0 Å². The van der Waals surface area contributed by atoms with E-state index in [9.17, 15) is 13.6 Å². The van der Waals surface area contributed by atoms with Crippen molar-refractivity contribution in [1.82, 2.24) is 24.3 Å². The van der Waals surface area contributed by atoms with Gasteiger partial charge in [-0.1, -0.05) is 0 Å². The Morgan fingerprint density at radius 1 is 1.27 bits per heavy atom. The van der Waals surface area contributed by atoms with Crippen LogP contribution in [-0.4, -0.2) is 43.3 Å². The third-order valence-corrected chi connectivity index (χ3v) is 4.42. The molecule has 10 heteroatoms. The van der Waals surface area contributed by atoms with Crippen LogP contribution in [0.15, 0.2) is 30.9 Å². The van der Waals surface area contributed by atoms with Crippen LogP contribution in [0.3, 0.4) is 0 Å². The average molecular weight is 359 g/mol. The van der Waals surface area contributed by atoms with Crippen LogP contribution in [0.5, 0.6) is 0 Å². The van der Waals surface area contributed by atoms with Crippen LogP contribution < -0.4 is 10.6 Å². The second kappa shape index (κ2) is 6.28. The van der Waals surface area contributed by atoms with E-state index in [1.807, 2.05) is 4.90 Å². The van der Waals surface area contributed by atoms with Gasteiger partial charge in [-0.05, 0) is 12.5 Å². The number of carbonyl (C=O) groups is 1. The molecular formula is C16H15F2N7O. The van der Waals surface area contributed by atoms with Gasteiger partial charge in [-0.2, -0.15) is 0 Å². The zero-order chi connectivity index (χ0) is 18.3. The maximum Gasteiger partial charge on any atom is 0.281 e. The Balaban J connectivity index is 1.70. The van der Waals surface area contributed by atoms with Crippen molar-refractivity contribution < 1.29 is 13.6 Å². The van der Waals surface area contributed by atoms with Crippen LogP contribution in [0.4, 0.5) is 14.6 Å². The normalized spacial score (nSPS) is 17.3. The van der Waals surface area contributed by atoms with Gasteiger partial charge in [0.1, 0.15) is 17.2 Å². The Labute approximate surface area is 146 Å². The number of imidazole rings is 1. The number of halogens is 2. The highest BCUT2D eigenvalue weighted by atomic mass is 19.3. The summed E-state index contributed by atoms with van der Waals surface area (Å²) in [6, 6.07) is 1.74. The number of fused-ring (bicyclic) bond motifs is 1. The van der Waals surface area contributed by atoms with Crippen LogP contribution in [0.1, 0.15) is 18.5 Å². The smallest absolute Gasteiger partial charge is 0.281 e. The molecule has 1 aliphatic rings. The van der Waals surface area contributed by atoms with E-state index in [1.54, 1.807) is 12.3 Å². The fourth-order valence-electron chi connectivity index (χ4n) is 3.03. The van der Waals surface area contributed by atoms with Crippen LogP contribution in [-0.2, 0) is 4.79 Å². The molecule has 0 spiro atoms. The van der Waals surface area contributed by atoms with Gasteiger partial charge in [0.25, 0.3) is 6.43 Å². The molecule has 1 saturated heterocycles. The Hall–Kier alpha value is -3.17. The largest absolute Gasteiger partial charge is 0.369 e. The van der Waals surface area contributed by atoms with Crippen molar-refractivity contribution in [3.8, 4) is 11.5 Å². The molecule has 1 amide bonds. The third kappa shape index (κ3) is 2.83. The van der Waals surface area contributed by atoms with E-state index >= 15 is 0 Å². The fourth-order valence-corrected chi connectivity index (χ4v) is 3.03. The Kier molecular flexibility index (Phi) is 3.94. The fraction of sp³-hybridized carbons (Fsp3) is 0.312. The average Bonchev–Trinajstić information content (AvgIpc) is 3.28. The van der Waals surface area contributed by atoms with Gasteiger partial charge in [0.2, 0.25) is 5.91 Å². The summed E-state index contributed by atoms with van der Waals surface area (Å²) in [5.41, 5.74) is 5.93. The van der Waals surface area contributed by atoms with E-state index in [2.05, 4.69) is 19.9 Å². The van der Waals surface area contributed by atoms with Crippen molar-refractivity contribution >= 4 is 17.4 Å². The van der Waals surface area contributed by atoms with Gasteiger partial charge in [-0.3, -0.25) is 9.20 Å². The molecule has 134 valence electrons. The van der Waals surface area contributed by atoms with E-state index < -0.39 is 6.43 Å². The molecule has 0 radical (unpaired) electrons. The molecule has 8 nitrogen and oxygen atoms in total. The Morgan fingerprint density at radius 2 is 2.12 bits per heavy atom. The summed E-state index contributed by atoms with van der Waals surface area (Å²) >= 11 is 0. The van der Waals surface area contributed by atoms with Gasteiger partial charge in [0.15, 0.2) is 11.5 Å². The van der Waals surface area contributed by atoms with Gasteiger partial charge >= 0.3 is 0 Å². The minimum Gasteiger partial charge on any atom is -0.369 e. The highest BCUT2D eigenvalue weighted by Gasteiger charge is 2.27. The lowest BCUT2D eigenvalue weighted by molar-refractivity contribution is -0.121. The predicted molar refractivity (Wildman–Crippen MR) is 88.5 cm³/mol. The van der Waals surface area contributed by atoms with Crippen molar-refractivity contribution in [2.45, 2.75) is 12.8 Å². The van der Waals surface area contributed by atoms with Crippen molar-refractivity contribution in [2.75, 3.05) is 18.0 Å². The van der Waals surface area contributed by atoms with E-state index in [4.69, 9.17) is 5.73 Å². The first-order valence-corrected chi connectivity index (χ1v) is 8.02. The molecule has 4 rings (SSSR count). The lowest BCUT2D eigenvalue weighted by atomic mass is 10.1. The van der Waals surface area contributed by atoms with Crippen molar-refractivity contribution in [2.24, 2.45) is 11.7 Å². The minimum atomic E-state index is -2.68. The molecule has 3 aromatic rings. The SMILES string of the molecule is NC(=O)C1CCN(c2ccnc(-c3cnc4cnc(C(F)F)cn34)n2)C1. The first-order chi connectivity index (χ1) is 12.5. The molecule has 0 saturated carbocycles. The number of amides is 1. The van der Waals surface area contributed by atoms with E-state index in [-0.39, 0.29) is 17.5 Å². The summed E-state index contributed by atoms with van der Waals surface area (Å²) in [5, 5.41) is 0. The zero-order valence-electron chi connectivity index (χ0n) is 13.6. The van der Waals surface area contributed by atoms with Crippen molar-refractivity contribution in [3.05, 3.63) is 36.5 Å². The van der Waals surface area contributed by atoms with Crippen LogP contribution >= 0.6 is 0 Å². The molecule has 1 unspecified atom stereocenters. The summed E-state index contributed by atoms with van der Waals surface area (Å²) in [5.74, 6) is 0.472. The molecular weight excluding hydrogens is 344 g/mol. The summed E-state index contributed by atoms with van der Waals surface area (Å²) in [7, 11) is 0. The van der Waals surface area contributed by atoms with Gasteiger partial charge in [-0.25, -0.2) is 28.7 Å². The summed E-state index contributed by atoms with van der Waals surface area (Å²) < 4.78 is 27.4. The number of aromatic nitrogens is 5. The number of hydrogen-bond donors (Lipinski definition) is 1. The number of alkyl halides is 2. The molecule has 3 aromatic heterocycles. The first-order valence-electron chi connectivity index (χ1n) is 8.02. The first kappa shape index (κ1) is 16.3. The molecule has 4 heterocycles. The molecule has 2 N–H and O–H groups in total. The molecule has 26 heavy (non-hydrogen) atoms. The maximum atomic E-state index is 12.9. The van der Waals surface area contributed by atoms with Gasteiger partial charge in [-0.15, -0.1) is 0 Å². The lowest BCUT2D eigenvalue weighted by Gasteiger charge is -2.17. The topological polar surface area (TPSA) is 102 Å². The lowest BCUT2D eigenvalue weighted by Crippen LogP contribution is -2.27. The molecule has 0 aromatic carbocycles. The van der Waals surface area contributed by atoms with E-state index in [0.29, 0.717) is 42.5 Å². The molecule has 1 atom stereocenters. The number of rotatable bonds is 4. The Morgan fingerprint density at radius 3 is 2.85 bits per heavy atom. The van der Waals surface area contributed by atoms with Crippen LogP contribution in [0.25, 0.3) is 17.2 Å².